The van der Waals surface area contributed by atoms with Crippen LogP contribution in [0.2, 0.25) is 0 Å². The highest BCUT2D eigenvalue weighted by Crippen LogP contribution is 2.29. The van der Waals surface area contributed by atoms with E-state index in [0.717, 1.165) is 11.5 Å². The van der Waals surface area contributed by atoms with E-state index in [0.29, 0.717) is 10.9 Å². The number of aliphatic carboxylic acids is 1. The molecule has 4 nitrogen and oxygen atoms in total. The summed E-state index contributed by atoms with van der Waals surface area (Å²) in [6.07, 6.45) is 2.21. The minimum atomic E-state index is -1.52. The predicted octanol–water partition coefficient (Wildman–Crippen LogP) is 2.21. The van der Waals surface area contributed by atoms with Crippen LogP contribution >= 0.6 is 0 Å². The lowest BCUT2D eigenvalue weighted by molar-refractivity contribution is -0.146. The number of hydrogen-bond acceptors (Lipinski definition) is 3. The number of rotatable bonds is 3. The fourth-order valence-electron chi connectivity index (χ4n) is 1.64. The van der Waals surface area contributed by atoms with E-state index in [-0.39, 0.29) is 5.75 Å². The van der Waals surface area contributed by atoms with E-state index in [1.165, 1.54) is 6.08 Å². The van der Waals surface area contributed by atoms with Crippen molar-refractivity contribution in [3.05, 3.63) is 48.0 Å². The van der Waals surface area contributed by atoms with Gasteiger partial charge in [-0.05, 0) is 17.5 Å². The summed E-state index contributed by atoms with van der Waals surface area (Å²) in [5.74, 6) is -2.52. The van der Waals surface area contributed by atoms with Crippen LogP contribution in [0.15, 0.2) is 42.5 Å². The minimum absolute atomic E-state index is 0.0301. The fraction of sp³-hybridized carbons (Fsp3) is 0. The van der Waals surface area contributed by atoms with E-state index < -0.39 is 11.8 Å². The number of carbonyl (C=O) groups excluding carboxylic acids is 1. The van der Waals surface area contributed by atoms with E-state index in [2.05, 4.69) is 0 Å². The molecule has 0 saturated carbocycles. The number of phenols is 1. The van der Waals surface area contributed by atoms with Crippen LogP contribution < -0.4 is 0 Å². The maximum atomic E-state index is 10.9. The molecule has 90 valence electrons. The van der Waals surface area contributed by atoms with E-state index in [1.54, 1.807) is 24.3 Å². The SMILES string of the molecule is O=C(O)C(=O)/C=C\c1ccc2ccccc2c1O. The van der Waals surface area contributed by atoms with Crippen LogP contribution in [0, 0.1) is 0 Å². The van der Waals surface area contributed by atoms with Crippen LogP contribution in [-0.2, 0) is 9.59 Å². The molecule has 0 aromatic heterocycles. The zero-order chi connectivity index (χ0) is 13.1. The van der Waals surface area contributed by atoms with Crippen molar-refractivity contribution in [3.63, 3.8) is 0 Å². The van der Waals surface area contributed by atoms with E-state index in [1.807, 2.05) is 12.1 Å². The highest BCUT2D eigenvalue weighted by molar-refractivity contribution is 6.38. The Labute approximate surface area is 103 Å². The van der Waals surface area contributed by atoms with Gasteiger partial charge in [0, 0.05) is 10.9 Å². The first kappa shape index (κ1) is 11.9. The molecular formula is C14H10O4. The van der Waals surface area contributed by atoms with Crippen molar-refractivity contribution in [2.45, 2.75) is 0 Å². The first-order valence-corrected chi connectivity index (χ1v) is 5.25. The Kier molecular flexibility index (Phi) is 3.10. The molecule has 18 heavy (non-hydrogen) atoms. The van der Waals surface area contributed by atoms with Gasteiger partial charge in [0.15, 0.2) is 0 Å². The molecule has 0 aliphatic carbocycles. The van der Waals surface area contributed by atoms with Crippen LogP contribution in [0.5, 0.6) is 5.75 Å². The van der Waals surface area contributed by atoms with Crippen LogP contribution in [0.25, 0.3) is 16.8 Å². The number of carboxylic acids is 1. The number of carbonyl (C=O) groups is 2. The molecule has 0 bridgehead atoms. The third kappa shape index (κ3) is 2.22. The lowest BCUT2D eigenvalue weighted by Crippen LogP contribution is -2.08. The Morgan fingerprint density at radius 1 is 1.06 bits per heavy atom. The predicted molar refractivity (Wildman–Crippen MR) is 67.3 cm³/mol. The van der Waals surface area contributed by atoms with Gasteiger partial charge in [0.25, 0.3) is 5.78 Å². The average Bonchev–Trinajstić information content (AvgIpc) is 2.38. The summed E-state index contributed by atoms with van der Waals surface area (Å²) in [5, 5.41) is 20.0. The number of phenolic OH excluding ortho intramolecular Hbond substituents is 1. The molecule has 0 fully saturated rings. The molecule has 0 heterocycles. The third-order valence-corrected chi connectivity index (χ3v) is 2.56. The molecule has 2 N–H and O–H groups in total. The molecule has 2 rings (SSSR count). The smallest absolute Gasteiger partial charge is 0.376 e. The van der Waals surface area contributed by atoms with Crippen molar-refractivity contribution in [1.29, 1.82) is 0 Å². The van der Waals surface area contributed by atoms with Gasteiger partial charge in [0.2, 0.25) is 0 Å². The molecular weight excluding hydrogens is 232 g/mol. The Hall–Kier alpha value is -2.62. The summed E-state index contributed by atoms with van der Waals surface area (Å²) in [6.45, 7) is 0. The molecule has 2 aromatic carbocycles. The summed E-state index contributed by atoms with van der Waals surface area (Å²) >= 11 is 0. The highest BCUT2D eigenvalue weighted by atomic mass is 16.4. The van der Waals surface area contributed by atoms with Gasteiger partial charge in [-0.25, -0.2) is 4.79 Å². The monoisotopic (exact) mass is 242 g/mol. The Morgan fingerprint density at radius 3 is 2.50 bits per heavy atom. The van der Waals surface area contributed by atoms with E-state index in [9.17, 15) is 14.7 Å². The second kappa shape index (κ2) is 4.71. The highest BCUT2D eigenvalue weighted by Gasteiger charge is 2.07. The van der Waals surface area contributed by atoms with Gasteiger partial charge in [-0.2, -0.15) is 0 Å². The van der Waals surface area contributed by atoms with Crippen molar-refractivity contribution in [3.8, 4) is 5.75 Å². The van der Waals surface area contributed by atoms with Crippen LogP contribution in [-0.4, -0.2) is 22.0 Å². The molecule has 0 aliphatic heterocycles. The molecule has 0 radical (unpaired) electrons. The second-order valence-electron chi connectivity index (χ2n) is 3.73. The van der Waals surface area contributed by atoms with Crippen molar-refractivity contribution in [1.82, 2.24) is 0 Å². The van der Waals surface area contributed by atoms with Crippen molar-refractivity contribution >= 4 is 28.6 Å². The normalized spacial score (nSPS) is 10.9. The van der Waals surface area contributed by atoms with Gasteiger partial charge >= 0.3 is 5.97 Å². The minimum Gasteiger partial charge on any atom is -0.507 e. The second-order valence-corrected chi connectivity index (χ2v) is 3.73. The summed E-state index contributed by atoms with van der Waals surface area (Å²) < 4.78 is 0. The number of carboxylic acid groups (broad SMARTS) is 1. The number of benzene rings is 2. The van der Waals surface area contributed by atoms with Crippen LogP contribution in [0.1, 0.15) is 5.56 Å². The van der Waals surface area contributed by atoms with Gasteiger partial charge in [-0.3, -0.25) is 4.79 Å². The zero-order valence-electron chi connectivity index (χ0n) is 9.33. The van der Waals surface area contributed by atoms with Crippen molar-refractivity contribution in [2.75, 3.05) is 0 Å². The summed E-state index contributed by atoms with van der Waals surface area (Å²) in [4.78, 5) is 21.3. The number of hydrogen-bond donors (Lipinski definition) is 2. The summed E-state index contributed by atoms with van der Waals surface area (Å²) in [5.41, 5.74) is 0.406. The Balaban J connectivity index is 2.44. The number of aromatic hydroxyl groups is 1. The third-order valence-electron chi connectivity index (χ3n) is 2.56. The topological polar surface area (TPSA) is 74.6 Å². The van der Waals surface area contributed by atoms with Gasteiger partial charge in [0.05, 0.1) is 0 Å². The van der Waals surface area contributed by atoms with Gasteiger partial charge < -0.3 is 10.2 Å². The van der Waals surface area contributed by atoms with Crippen LogP contribution in [0.4, 0.5) is 0 Å². The molecule has 4 heteroatoms. The van der Waals surface area contributed by atoms with Gasteiger partial charge in [-0.15, -0.1) is 0 Å². The van der Waals surface area contributed by atoms with Gasteiger partial charge in [-0.1, -0.05) is 36.4 Å². The lowest BCUT2D eigenvalue weighted by Gasteiger charge is -2.03. The van der Waals surface area contributed by atoms with Crippen molar-refractivity contribution < 1.29 is 19.8 Å². The summed E-state index contributed by atoms with van der Waals surface area (Å²) in [6, 6.07) is 10.7. The Morgan fingerprint density at radius 2 is 1.78 bits per heavy atom. The molecule has 0 aliphatic rings. The van der Waals surface area contributed by atoms with Gasteiger partial charge in [0.1, 0.15) is 5.75 Å². The molecule has 0 unspecified atom stereocenters. The molecule has 0 spiro atoms. The van der Waals surface area contributed by atoms with Crippen LogP contribution in [0.3, 0.4) is 0 Å². The maximum Gasteiger partial charge on any atom is 0.376 e. The largest absolute Gasteiger partial charge is 0.507 e. The van der Waals surface area contributed by atoms with E-state index >= 15 is 0 Å². The standard InChI is InChI=1S/C14H10O4/c15-12(14(17)18)8-7-10-6-5-9-3-1-2-4-11(9)13(10)16/h1-8,16H,(H,17,18)/b8-7-. The number of fused-ring (bicyclic) bond motifs is 1. The average molecular weight is 242 g/mol. The van der Waals surface area contributed by atoms with Crippen molar-refractivity contribution in [2.24, 2.45) is 0 Å². The lowest BCUT2D eigenvalue weighted by atomic mass is 10.0. The first-order chi connectivity index (χ1) is 8.59. The zero-order valence-corrected chi connectivity index (χ0v) is 9.33. The quantitative estimate of drug-likeness (QED) is 0.639. The number of ketones is 1. The molecule has 0 atom stereocenters. The molecule has 0 saturated heterocycles. The van der Waals surface area contributed by atoms with E-state index in [4.69, 9.17) is 5.11 Å². The Bertz CT molecular complexity index is 656. The first-order valence-electron chi connectivity index (χ1n) is 5.25. The maximum absolute atomic E-state index is 10.9. The fourth-order valence-corrected chi connectivity index (χ4v) is 1.64. The molecule has 2 aromatic rings. The summed E-state index contributed by atoms with van der Waals surface area (Å²) in [7, 11) is 0. The molecule has 0 amide bonds.